The Morgan fingerprint density at radius 3 is 2.43 bits per heavy atom. The molecule has 0 bridgehead atoms. The molecule has 1 aromatic heterocycles. The predicted octanol–water partition coefficient (Wildman–Crippen LogP) is 5.48. The van der Waals surface area contributed by atoms with E-state index in [0.29, 0.717) is 12.3 Å². The molecular weight excluding hydrogens is 399 g/mol. The number of rotatable bonds is 7. The lowest BCUT2D eigenvalue weighted by Crippen LogP contribution is -2.12. The molecule has 4 nitrogen and oxygen atoms in total. The van der Waals surface area contributed by atoms with Gasteiger partial charge in [0.25, 0.3) is 0 Å². The van der Waals surface area contributed by atoms with Gasteiger partial charge in [-0.1, -0.05) is 55.1 Å². The maximum Gasteiger partial charge on any atom is 0.321 e. The minimum atomic E-state index is -0.329. The average molecular weight is 421 g/mol. The fourth-order valence-corrected chi connectivity index (χ4v) is 3.95. The van der Waals surface area contributed by atoms with E-state index < -0.39 is 0 Å². The van der Waals surface area contributed by atoms with Gasteiger partial charge in [0.05, 0.1) is 23.3 Å². The number of halogens is 1. The number of thioether (sulfide) groups is 1. The summed E-state index contributed by atoms with van der Waals surface area (Å²) in [7, 11) is 0. The average Bonchev–Trinajstić information content (AvgIpc) is 3.12. The summed E-state index contributed by atoms with van der Waals surface area (Å²) in [5, 5.41) is 0.721. The summed E-state index contributed by atoms with van der Waals surface area (Å²) < 4.78 is 20.7. The van der Waals surface area contributed by atoms with Crippen LogP contribution in [0.5, 0.6) is 5.75 Å². The van der Waals surface area contributed by atoms with Crippen molar-refractivity contribution in [3.63, 3.8) is 0 Å². The van der Waals surface area contributed by atoms with Gasteiger partial charge in [-0.25, -0.2) is 9.37 Å². The van der Waals surface area contributed by atoms with Crippen molar-refractivity contribution in [2.24, 2.45) is 0 Å². The normalized spacial score (nSPS) is 11.0. The number of hydrogen-bond acceptors (Lipinski definition) is 4. The Kier molecular flexibility index (Phi) is 6.14. The van der Waals surface area contributed by atoms with Gasteiger partial charge in [-0.3, -0.25) is 4.79 Å². The minimum Gasteiger partial charge on any atom is -0.426 e. The van der Waals surface area contributed by atoms with E-state index in [-0.39, 0.29) is 17.5 Å². The zero-order valence-corrected chi connectivity index (χ0v) is 17.4. The molecule has 0 aliphatic heterocycles. The third-order valence-electron chi connectivity index (χ3n) is 4.76. The monoisotopic (exact) mass is 420 g/mol. The molecule has 0 saturated carbocycles. The van der Waals surface area contributed by atoms with Gasteiger partial charge >= 0.3 is 5.97 Å². The highest BCUT2D eigenvalue weighted by atomic mass is 32.2. The number of carbonyl (C=O) groups excluding carboxylic acids is 1. The summed E-state index contributed by atoms with van der Waals surface area (Å²) in [4.78, 5) is 17.0. The van der Waals surface area contributed by atoms with E-state index in [1.807, 2.05) is 53.1 Å². The van der Waals surface area contributed by atoms with Crippen molar-refractivity contribution in [1.82, 2.24) is 9.55 Å². The number of carbonyl (C=O) groups is 1. The van der Waals surface area contributed by atoms with E-state index in [2.05, 4.69) is 11.9 Å². The van der Waals surface area contributed by atoms with Crippen LogP contribution in [-0.2, 0) is 17.8 Å². The maximum absolute atomic E-state index is 13.3. The minimum absolute atomic E-state index is 0.141. The van der Waals surface area contributed by atoms with Gasteiger partial charge in [0.15, 0.2) is 5.16 Å². The first-order chi connectivity index (χ1) is 14.6. The van der Waals surface area contributed by atoms with E-state index in [0.717, 1.165) is 28.2 Å². The SMILES string of the molecule is CCc1ccc(OC(=O)CSc2nc3ccccc3n2Cc2ccc(F)cc2)cc1. The predicted molar refractivity (Wildman–Crippen MR) is 117 cm³/mol. The molecule has 4 aromatic rings. The molecular formula is C24H21FN2O2S. The van der Waals surface area contributed by atoms with Crippen LogP contribution in [0.4, 0.5) is 4.39 Å². The number of nitrogens with zero attached hydrogens (tertiary/aromatic N) is 2. The summed E-state index contributed by atoms with van der Waals surface area (Å²) in [5.74, 6) is 0.0863. The van der Waals surface area contributed by atoms with E-state index >= 15 is 0 Å². The van der Waals surface area contributed by atoms with Crippen LogP contribution in [-0.4, -0.2) is 21.3 Å². The zero-order valence-electron chi connectivity index (χ0n) is 16.5. The fraction of sp³-hybridized carbons (Fsp3) is 0.167. The van der Waals surface area contributed by atoms with Gasteiger partial charge in [0.1, 0.15) is 11.6 Å². The van der Waals surface area contributed by atoms with Crippen molar-refractivity contribution in [2.75, 3.05) is 5.75 Å². The van der Waals surface area contributed by atoms with E-state index in [4.69, 9.17) is 4.74 Å². The van der Waals surface area contributed by atoms with Crippen LogP contribution in [0.3, 0.4) is 0 Å². The number of imidazole rings is 1. The van der Waals surface area contributed by atoms with Crippen LogP contribution in [0.25, 0.3) is 11.0 Å². The third kappa shape index (κ3) is 4.71. The number of aromatic nitrogens is 2. The first-order valence-electron chi connectivity index (χ1n) is 9.74. The van der Waals surface area contributed by atoms with Gasteiger partial charge in [-0.15, -0.1) is 0 Å². The molecule has 0 N–H and O–H groups in total. The van der Waals surface area contributed by atoms with Crippen LogP contribution < -0.4 is 4.74 Å². The van der Waals surface area contributed by atoms with Gasteiger partial charge < -0.3 is 9.30 Å². The molecule has 0 atom stereocenters. The first-order valence-corrected chi connectivity index (χ1v) is 10.7. The summed E-state index contributed by atoms with van der Waals surface area (Å²) in [6.07, 6.45) is 0.939. The molecule has 152 valence electrons. The van der Waals surface area contributed by atoms with Crippen molar-refractivity contribution in [3.05, 3.63) is 89.7 Å². The second-order valence-corrected chi connectivity index (χ2v) is 7.80. The van der Waals surface area contributed by atoms with Crippen molar-refractivity contribution < 1.29 is 13.9 Å². The largest absolute Gasteiger partial charge is 0.426 e. The Balaban J connectivity index is 1.50. The van der Waals surface area contributed by atoms with Crippen molar-refractivity contribution in [3.8, 4) is 5.75 Å². The third-order valence-corrected chi connectivity index (χ3v) is 5.71. The highest BCUT2D eigenvalue weighted by molar-refractivity contribution is 7.99. The highest BCUT2D eigenvalue weighted by Crippen LogP contribution is 2.26. The smallest absolute Gasteiger partial charge is 0.321 e. The van der Waals surface area contributed by atoms with Gasteiger partial charge in [0, 0.05) is 0 Å². The Bertz CT molecular complexity index is 1150. The van der Waals surface area contributed by atoms with Crippen LogP contribution in [0.1, 0.15) is 18.1 Å². The molecule has 0 amide bonds. The fourth-order valence-electron chi connectivity index (χ4n) is 3.17. The van der Waals surface area contributed by atoms with E-state index in [1.54, 1.807) is 12.1 Å². The lowest BCUT2D eigenvalue weighted by Gasteiger charge is -2.09. The maximum atomic E-state index is 13.3. The molecule has 30 heavy (non-hydrogen) atoms. The van der Waals surface area contributed by atoms with Crippen molar-refractivity contribution >= 4 is 28.8 Å². The van der Waals surface area contributed by atoms with Crippen LogP contribution in [0, 0.1) is 5.82 Å². The standard InChI is InChI=1S/C24H21FN2O2S/c1-2-17-9-13-20(14-10-17)29-23(28)16-30-24-26-21-5-3-4-6-22(21)27(24)15-18-7-11-19(25)12-8-18/h3-14H,2,15-16H2,1H3. The molecule has 3 aromatic carbocycles. The summed E-state index contributed by atoms with van der Waals surface area (Å²) in [5.41, 5.74) is 3.97. The van der Waals surface area contributed by atoms with Crippen molar-refractivity contribution in [1.29, 1.82) is 0 Å². The molecule has 0 radical (unpaired) electrons. The number of fused-ring (bicyclic) bond motifs is 1. The van der Waals surface area contributed by atoms with E-state index in [1.165, 1.54) is 29.5 Å². The number of esters is 1. The van der Waals surface area contributed by atoms with Crippen LogP contribution in [0.2, 0.25) is 0 Å². The Labute approximate surface area is 178 Å². The Morgan fingerprint density at radius 2 is 1.70 bits per heavy atom. The summed E-state index contributed by atoms with van der Waals surface area (Å²) in [6, 6.07) is 21.8. The number of aryl methyl sites for hydroxylation is 1. The van der Waals surface area contributed by atoms with Crippen LogP contribution in [0.15, 0.2) is 78.0 Å². The van der Waals surface area contributed by atoms with Crippen LogP contribution >= 0.6 is 11.8 Å². The molecule has 0 unspecified atom stereocenters. The second-order valence-electron chi connectivity index (χ2n) is 6.86. The molecule has 0 aliphatic carbocycles. The molecule has 4 rings (SSSR count). The highest BCUT2D eigenvalue weighted by Gasteiger charge is 2.14. The van der Waals surface area contributed by atoms with E-state index in [9.17, 15) is 9.18 Å². The lowest BCUT2D eigenvalue weighted by molar-refractivity contribution is -0.131. The molecule has 0 spiro atoms. The summed E-state index contributed by atoms with van der Waals surface area (Å²) >= 11 is 1.33. The number of benzene rings is 3. The zero-order chi connectivity index (χ0) is 20.9. The molecule has 1 heterocycles. The number of hydrogen-bond donors (Lipinski definition) is 0. The van der Waals surface area contributed by atoms with Gasteiger partial charge in [0.2, 0.25) is 0 Å². The number of para-hydroxylation sites is 2. The van der Waals surface area contributed by atoms with Crippen molar-refractivity contribution in [2.45, 2.75) is 25.0 Å². The lowest BCUT2D eigenvalue weighted by atomic mass is 10.2. The Morgan fingerprint density at radius 1 is 1.00 bits per heavy atom. The molecule has 0 aliphatic rings. The Hall–Kier alpha value is -3.12. The summed E-state index contributed by atoms with van der Waals surface area (Å²) in [6.45, 7) is 2.62. The number of ether oxygens (including phenoxy) is 1. The first kappa shape index (κ1) is 20.2. The second kappa shape index (κ2) is 9.13. The quantitative estimate of drug-likeness (QED) is 0.225. The topological polar surface area (TPSA) is 44.1 Å². The molecule has 0 saturated heterocycles. The van der Waals surface area contributed by atoms with Gasteiger partial charge in [-0.05, 0) is 53.9 Å². The molecule has 6 heteroatoms. The molecule has 0 fully saturated rings. The van der Waals surface area contributed by atoms with Gasteiger partial charge in [-0.2, -0.15) is 0 Å².